The van der Waals surface area contributed by atoms with Crippen LogP contribution in [0.2, 0.25) is 0 Å². The van der Waals surface area contributed by atoms with Crippen molar-refractivity contribution in [3.63, 3.8) is 0 Å². The highest BCUT2D eigenvalue weighted by Gasteiger charge is 2.17. The lowest BCUT2D eigenvalue weighted by Gasteiger charge is -2.12. The molecule has 2 aromatic heterocycles. The van der Waals surface area contributed by atoms with Crippen molar-refractivity contribution in [1.82, 2.24) is 25.4 Å². The van der Waals surface area contributed by atoms with Crippen LogP contribution in [0.25, 0.3) is 22.6 Å². The number of hydrogen-bond donors (Lipinski definition) is 2. The molecule has 9 nitrogen and oxygen atoms in total. The van der Waals surface area contributed by atoms with E-state index in [1.807, 2.05) is 29.6 Å². The van der Waals surface area contributed by atoms with E-state index in [-0.39, 0.29) is 6.54 Å². The van der Waals surface area contributed by atoms with E-state index in [0.717, 1.165) is 11.0 Å². The molecule has 0 radical (unpaired) electrons. The predicted molar refractivity (Wildman–Crippen MR) is 116 cm³/mol. The van der Waals surface area contributed by atoms with E-state index in [9.17, 15) is 9.59 Å². The van der Waals surface area contributed by atoms with E-state index in [0.29, 0.717) is 28.6 Å². The minimum atomic E-state index is -0.482. The highest BCUT2D eigenvalue weighted by atomic mass is 32.1. The number of nitrogens with one attached hydrogen (secondary N) is 2. The zero-order chi connectivity index (χ0) is 21.8. The van der Waals surface area contributed by atoms with Crippen LogP contribution in [0.4, 0.5) is 0 Å². The third kappa shape index (κ3) is 4.19. The zero-order valence-electron chi connectivity index (χ0n) is 16.8. The summed E-state index contributed by atoms with van der Waals surface area (Å²) in [4.78, 5) is 33.9. The number of imidazole rings is 1. The molecular weight excluding hydrogens is 418 g/mol. The largest absolute Gasteiger partial charge is 0.493 e. The number of benzene rings is 2. The highest BCUT2D eigenvalue weighted by Crippen LogP contribution is 2.27. The van der Waals surface area contributed by atoms with Gasteiger partial charge in [-0.2, -0.15) is 0 Å². The fourth-order valence-corrected chi connectivity index (χ4v) is 3.64. The van der Waals surface area contributed by atoms with Crippen molar-refractivity contribution in [2.75, 3.05) is 14.2 Å². The van der Waals surface area contributed by atoms with Gasteiger partial charge < -0.3 is 14.0 Å². The minimum absolute atomic E-state index is 0.0421. The Kier molecular flexibility index (Phi) is 5.80. The van der Waals surface area contributed by atoms with Gasteiger partial charge in [-0.15, -0.1) is 11.3 Å². The summed E-state index contributed by atoms with van der Waals surface area (Å²) in [6.07, 6.45) is 0. The molecule has 0 saturated heterocycles. The fraction of sp³-hybridized carbons (Fsp3) is 0.143. The quantitative estimate of drug-likeness (QED) is 0.449. The molecule has 2 heterocycles. The van der Waals surface area contributed by atoms with Crippen LogP contribution < -0.4 is 20.3 Å². The summed E-state index contributed by atoms with van der Waals surface area (Å²) in [5, 5.41) is 1.87. The molecule has 0 aliphatic rings. The first-order chi connectivity index (χ1) is 15.1. The van der Waals surface area contributed by atoms with Gasteiger partial charge in [-0.1, -0.05) is 12.1 Å². The molecule has 0 fully saturated rings. The molecule has 4 rings (SSSR count). The first-order valence-corrected chi connectivity index (χ1v) is 10.2. The van der Waals surface area contributed by atoms with Gasteiger partial charge in [0.25, 0.3) is 11.8 Å². The van der Waals surface area contributed by atoms with Crippen molar-refractivity contribution in [3.05, 3.63) is 58.9 Å². The first-order valence-electron chi connectivity index (χ1n) is 9.25. The Morgan fingerprint density at radius 1 is 1.06 bits per heavy atom. The number of methoxy groups -OCH3 is 2. The number of rotatable bonds is 6. The van der Waals surface area contributed by atoms with E-state index >= 15 is 0 Å². The van der Waals surface area contributed by atoms with E-state index in [4.69, 9.17) is 9.47 Å². The Hall–Kier alpha value is -3.92. The Morgan fingerprint density at radius 3 is 2.61 bits per heavy atom. The van der Waals surface area contributed by atoms with Crippen LogP contribution in [0, 0.1) is 0 Å². The number of nitrogens with zero attached hydrogens (tertiary/aromatic N) is 3. The third-order valence-electron chi connectivity index (χ3n) is 4.58. The number of amides is 2. The molecule has 0 aliphatic heterocycles. The Labute approximate surface area is 181 Å². The molecule has 0 bridgehead atoms. The van der Waals surface area contributed by atoms with Crippen molar-refractivity contribution in [3.8, 4) is 23.0 Å². The fourth-order valence-electron chi connectivity index (χ4n) is 3.11. The summed E-state index contributed by atoms with van der Waals surface area (Å²) >= 11 is 1.45. The van der Waals surface area contributed by atoms with E-state index < -0.39 is 11.8 Å². The second-order valence-corrected chi connectivity index (χ2v) is 7.17. The molecular formula is C21H19N5O4S. The lowest BCUT2D eigenvalue weighted by atomic mass is 10.2. The molecule has 0 unspecified atom stereocenters. The smallest absolute Gasteiger partial charge is 0.269 e. The van der Waals surface area contributed by atoms with E-state index in [1.165, 1.54) is 31.6 Å². The summed E-state index contributed by atoms with van der Waals surface area (Å²) in [7, 11) is 2.99. The third-order valence-corrected chi connectivity index (χ3v) is 5.17. The maximum absolute atomic E-state index is 12.6. The van der Waals surface area contributed by atoms with Crippen LogP contribution in [0.15, 0.2) is 53.4 Å². The van der Waals surface area contributed by atoms with Crippen LogP contribution >= 0.6 is 11.3 Å². The van der Waals surface area contributed by atoms with Crippen LogP contribution in [-0.4, -0.2) is 40.6 Å². The predicted octanol–water partition coefficient (Wildman–Crippen LogP) is 2.64. The molecule has 31 heavy (non-hydrogen) atoms. The molecule has 158 valence electrons. The van der Waals surface area contributed by atoms with Crippen LogP contribution in [0.1, 0.15) is 10.4 Å². The number of ether oxygens (including phenoxy) is 2. The second kappa shape index (κ2) is 8.84. The number of hydrogen-bond acceptors (Lipinski definition) is 7. The Balaban J connectivity index is 1.49. The lowest BCUT2D eigenvalue weighted by Crippen LogP contribution is -2.43. The first kappa shape index (κ1) is 20.4. The summed E-state index contributed by atoms with van der Waals surface area (Å²) in [5.74, 6) is 0.616. The van der Waals surface area contributed by atoms with Gasteiger partial charge in [-0.25, -0.2) is 9.97 Å². The monoisotopic (exact) mass is 437 g/mol. The normalized spacial score (nSPS) is 10.6. The summed E-state index contributed by atoms with van der Waals surface area (Å²) < 4.78 is 12.1. The van der Waals surface area contributed by atoms with E-state index in [2.05, 4.69) is 20.8 Å². The van der Waals surface area contributed by atoms with Gasteiger partial charge in [-0.05, 0) is 30.3 Å². The van der Waals surface area contributed by atoms with Crippen molar-refractivity contribution < 1.29 is 19.1 Å². The summed E-state index contributed by atoms with van der Waals surface area (Å²) in [6.45, 7) is -0.0421. The average Bonchev–Trinajstić information content (AvgIpc) is 3.45. The number of carbonyl (C=O) groups is 2. The van der Waals surface area contributed by atoms with Gasteiger partial charge >= 0.3 is 0 Å². The summed E-state index contributed by atoms with van der Waals surface area (Å²) in [5.41, 5.74) is 9.13. The van der Waals surface area contributed by atoms with Crippen molar-refractivity contribution >= 4 is 34.2 Å². The van der Waals surface area contributed by atoms with E-state index in [1.54, 1.807) is 22.2 Å². The molecule has 2 amide bonds. The average molecular weight is 437 g/mol. The standard InChI is InChI=1S/C21H19N5O4S/c1-29-17-8-7-13(9-18(17)30-2)21(28)25-24-19(27)10-26-16-6-4-3-5-14(16)23-20(26)15-11-31-12-22-15/h3-9,11-12H,10H2,1-2H3,(H,24,27)(H,25,28). The van der Waals surface area contributed by atoms with Gasteiger partial charge in [0.1, 0.15) is 12.2 Å². The molecule has 0 saturated carbocycles. The van der Waals surface area contributed by atoms with Gasteiger partial charge in [0.15, 0.2) is 17.3 Å². The van der Waals surface area contributed by atoms with Crippen molar-refractivity contribution in [1.29, 1.82) is 0 Å². The topological polar surface area (TPSA) is 107 Å². The minimum Gasteiger partial charge on any atom is -0.493 e. The van der Waals surface area contributed by atoms with Gasteiger partial charge in [-0.3, -0.25) is 20.4 Å². The maximum Gasteiger partial charge on any atom is 0.269 e. The van der Waals surface area contributed by atoms with Crippen molar-refractivity contribution in [2.24, 2.45) is 0 Å². The molecule has 0 atom stereocenters. The molecule has 10 heteroatoms. The molecule has 0 aliphatic carbocycles. The number of aromatic nitrogens is 3. The van der Waals surface area contributed by atoms with Crippen LogP contribution in [0.3, 0.4) is 0 Å². The Morgan fingerprint density at radius 2 is 1.87 bits per heavy atom. The maximum atomic E-state index is 12.6. The van der Waals surface area contributed by atoms with Gasteiger partial charge in [0.2, 0.25) is 0 Å². The number of fused-ring (bicyclic) bond motifs is 1. The molecule has 2 N–H and O–H groups in total. The number of carbonyl (C=O) groups excluding carboxylic acids is 2. The Bertz CT molecular complexity index is 1240. The highest BCUT2D eigenvalue weighted by molar-refractivity contribution is 7.07. The van der Waals surface area contributed by atoms with Gasteiger partial charge in [0, 0.05) is 10.9 Å². The molecule has 0 spiro atoms. The second-order valence-electron chi connectivity index (χ2n) is 6.46. The van der Waals surface area contributed by atoms with Crippen LogP contribution in [0.5, 0.6) is 11.5 Å². The molecule has 2 aromatic carbocycles. The van der Waals surface area contributed by atoms with Crippen molar-refractivity contribution in [2.45, 2.75) is 6.54 Å². The van der Waals surface area contributed by atoms with Gasteiger partial charge in [0.05, 0.1) is 30.8 Å². The SMILES string of the molecule is COc1ccc(C(=O)NNC(=O)Cn2c(-c3cscn3)nc3ccccc32)cc1OC. The number of hydrazine groups is 1. The summed E-state index contributed by atoms with van der Waals surface area (Å²) in [6, 6.07) is 12.2. The van der Waals surface area contributed by atoms with Crippen LogP contribution in [-0.2, 0) is 11.3 Å². The molecule has 4 aromatic rings. The number of para-hydroxylation sites is 2. The number of thiazole rings is 1. The lowest BCUT2D eigenvalue weighted by molar-refractivity contribution is -0.122. The zero-order valence-corrected chi connectivity index (χ0v) is 17.6.